The molecule has 26 heavy (non-hydrogen) atoms. The van der Waals surface area contributed by atoms with Crippen molar-refractivity contribution < 1.29 is 9.53 Å². The molecule has 0 aliphatic carbocycles. The van der Waals surface area contributed by atoms with Gasteiger partial charge in [0.05, 0.1) is 18.0 Å². The molecule has 2 heterocycles. The van der Waals surface area contributed by atoms with E-state index in [9.17, 15) is 4.79 Å². The van der Waals surface area contributed by atoms with E-state index in [2.05, 4.69) is 18.3 Å². The Morgan fingerprint density at radius 3 is 2.81 bits per heavy atom. The number of thioether (sulfide) groups is 2. The van der Waals surface area contributed by atoms with E-state index in [1.165, 1.54) is 0 Å². The average molecular weight is 385 g/mol. The predicted molar refractivity (Wildman–Crippen MR) is 110 cm³/mol. The van der Waals surface area contributed by atoms with Gasteiger partial charge in [-0.15, -0.1) is 23.5 Å². The molecule has 0 fully saturated rings. The molecule has 3 rings (SSSR count). The van der Waals surface area contributed by atoms with Gasteiger partial charge in [0.25, 0.3) is 0 Å². The third-order valence-corrected chi connectivity index (χ3v) is 5.96. The van der Waals surface area contributed by atoms with Crippen LogP contribution in [0.3, 0.4) is 0 Å². The van der Waals surface area contributed by atoms with Gasteiger partial charge in [-0.3, -0.25) is 0 Å². The second-order valence-corrected chi connectivity index (χ2v) is 7.32. The van der Waals surface area contributed by atoms with Crippen LogP contribution in [0.5, 0.6) is 0 Å². The molecule has 0 atom stereocenters. The summed E-state index contributed by atoms with van der Waals surface area (Å²) in [4.78, 5) is 14.6. The fourth-order valence-electron chi connectivity index (χ4n) is 2.92. The van der Waals surface area contributed by atoms with Crippen LogP contribution in [0, 0.1) is 0 Å². The van der Waals surface area contributed by atoms with Gasteiger partial charge < -0.3 is 4.74 Å². The number of para-hydroxylation sites is 1. The normalized spacial score (nSPS) is 13.3. The summed E-state index contributed by atoms with van der Waals surface area (Å²) in [6.45, 7) is 9.99. The zero-order valence-corrected chi connectivity index (χ0v) is 16.5. The molecular weight excluding hydrogens is 364 g/mol. The van der Waals surface area contributed by atoms with Crippen LogP contribution in [0.1, 0.15) is 28.7 Å². The van der Waals surface area contributed by atoms with E-state index in [0.717, 1.165) is 32.3 Å². The highest BCUT2D eigenvalue weighted by molar-refractivity contribution is 8.02. The molecule has 0 N–H and O–H groups in total. The number of ether oxygens (including phenoxy) is 1. The molecule has 4 nitrogen and oxygen atoms in total. The first-order chi connectivity index (χ1) is 12.7. The zero-order chi connectivity index (χ0) is 18.7. The number of carbonyl (C=O) groups excluding carboxylic acids is 1. The minimum Gasteiger partial charge on any atom is -0.461 e. The van der Waals surface area contributed by atoms with E-state index in [1.54, 1.807) is 36.5 Å². The molecule has 1 aromatic carbocycles. The quantitative estimate of drug-likeness (QED) is 0.512. The maximum absolute atomic E-state index is 12.5. The largest absolute Gasteiger partial charge is 0.461 e. The summed E-state index contributed by atoms with van der Waals surface area (Å²) < 4.78 is 7.07. The highest BCUT2D eigenvalue weighted by Gasteiger charge is 2.30. The minimum absolute atomic E-state index is 0.317. The van der Waals surface area contributed by atoms with Gasteiger partial charge in [-0.2, -0.15) is 5.10 Å². The van der Waals surface area contributed by atoms with Crippen molar-refractivity contribution in [3.05, 3.63) is 71.4 Å². The standard InChI is InChI=1S/C20H20N2O2S2/c1-5-13-16(6-2)26-12-14-18(20(23)24-7-3)21-22(19(13)14)15-10-8-9-11-17(15)25-4/h5-6,8-11H,1-2,7,12H2,3-4H3. The first-order valence-corrected chi connectivity index (χ1v) is 10.4. The molecule has 0 unspecified atom stereocenters. The Morgan fingerprint density at radius 1 is 1.38 bits per heavy atom. The number of rotatable bonds is 6. The van der Waals surface area contributed by atoms with Gasteiger partial charge in [0.2, 0.25) is 0 Å². The Labute approximate surface area is 162 Å². The monoisotopic (exact) mass is 384 g/mol. The Balaban J connectivity index is 2.32. The van der Waals surface area contributed by atoms with Crippen molar-refractivity contribution in [1.82, 2.24) is 9.78 Å². The average Bonchev–Trinajstić information content (AvgIpc) is 3.06. The van der Waals surface area contributed by atoms with Crippen LogP contribution in [0.2, 0.25) is 0 Å². The van der Waals surface area contributed by atoms with Crippen molar-refractivity contribution in [2.24, 2.45) is 0 Å². The van der Waals surface area contributed by atoms with Crippen molar-refractivity contribution >= 4 is 35.1 Å². The van der Waals surface area contributed by atoms with Gasteiger partial charge in [0.15, 0.2) is 5.69 Å². The lowest BCUT2D eigenvalue weighted by atomic mass is 10.1. The van der Waals surface area contributed by atoms with Crippen LogP contribution in [-0.2, 0) is 10.5 Å². The van der Waals surface area contributed by atoms with Gasteiger partial charge in [-0.05, 0) is 25.3 Å². The topological polar surface area (TPSA) is 44.1 Å². The van der Waals surface area contributed by atoms with Crippen LogP contribution >= 0.6 is 23.5 Å². The Morgan fingerprint density at radius 2 is 2.15 bits per heavy atom. The van der Waals surface area contributed by atoms with Crippen LogP contribution in [0.25, 0.3) is 11.3 Å². The second-order valence-electron chi connectivity index (χ2n) is 5.45. The van der Waals surface area contributed by atoms with Crippen LogP contribution in [0.15, 0.2) is 59.4 Å². The van der Waals surface area contributed by atoms with E-state index in [4.69, 9.17) is 4.74 Å². The molecule has 0 saturated carbocycles. The summed E-state index contributed by atoms with van der Waals surface area (Å²) in [5.41, 5.74) is 4.00. The smallest absolute Gasteiger partial charge is 0.359 e. The number of benzene rings is 1. The summed E-state index contributed by atoms with van der Waals surface area (Å²) in [6, 6.07) is 8.01. The molecule has 1 aliphatic heterocycles. The molecule has 1 aromatic heterocycles. The third-order valence-electron chi connectivity index (χ3n) is 4.05. The molecule has 0 bridgehead atoms. The Kier molecular flexibility index (Phi) is 5.74. The SMILES string of the molecule is C=CC1=C(C=C)c2c(c(C(=O)OCC)nn2-c2ccccc2SC)CS1. The summed E-state index contributed by atoms with van der Waals surface area (Å²) in [7, 11) is 0. The zero-order valence-electron chi connectivity index (χ0n) is 14.8. The summed E-state index contributed by atoms with van der Waals surface area (Å²) >= 11 is 3.27. The number of hydrogen-bond acceptors (Lipinski definition) is 5. The van der Waals surface area contributed by atoms with Crippen molar-refractivity contribution in [2.75, 3.05) is 12.9 Å². The molecule has 1 aliphatic rings. The van der Waals surface area contributed by atoms with Gasteiger partial charge >= 0.3 is 5.97 Å². The first kappa shape index (κ1) is 18.6. The lowest BCUT2D eigenvalue weighted by Crippen LogP contribution is -2.09. The fraction of sp³-hybridized carbons (Fsp3) is 0.200. The first-order valence-electron chi connectivity index (χ1n) is 8.20. The van der Waals surface area contributed by atoms with E-state index in [-0.39, 0.29) is 0 Å². The van der Waals surface area contributed by atoms with Crippen LogP contribution in [0.4, 0.5) is 0 Å². The maximum Gasteiger partial charge on any atom is 0.359 e. The predicted octanol–water partition coefficient (Wildman–Crippen LogP) is 5.10. The summed E-state index contributed by atoms with van der Waals surface area (Å²) in [6.07, 6.45) is 5.65. The molecule has 0 radical (unpaired) electrons. The van der Waals surface area contributed by atoms with Crippen molar-refractivity contribution in [2.45, 2.75) is 17.6 Å². The van der Waals surface area contributed by atoms with Gasteiger partial charge in [-0.1, -0.05) is 37.4 Å². The molecule has 6 heteroatoms. The van der Waals surface area contributed by atoms with Crippen molar-refractivity contribution in [3.8, 4) is 5.69 Å². The van der Waals surface area contributed by atoms with Crippen LogP contribution in [-0.4, -0.2) is 28.6 Å². The Bertz CT molecular complexity index is 913. The molecular formula is C20H20N2O2S2. The van der Waals surface area contributed by atoms with E-state index < -0.39 is 5.97 Å². The van der Waals surface area contributed by atoms with Crippen molar-refractivity contribution in [1.29, 1.82) is 0 Å². The van der Waals surface area contributed by atoms with Crippen LogP contribution < -0.4 is 0 Å². The van der Waals surface area contributed by atoms with E-state index >= 15 is 0 Å². The second kappa shape index (κ2) is 8.01. The van der Waals surface area contributed by atoms with Gasteiger partial charge in [-0.25, -0.2) is 9.48 Å². The number of aromatic nitrogens is 2. The maximum atomic E-state index is 12.5. The molecule has 2 aromatic rings. The lowest BCUT2D eigenvalue weighted by molar-refractivity contribution is 0.0518. The molecule has 0 amide bonds. The number of nitrogens with zero attached hydrogens (tertiary/aromatic N) is 2. The molecule has 0 saturated heterocycles. The minimum atomic E-state index is -0.393. The summed E-state index contributed by atoms with van der Waals surface area (Å²) in [5.74, 6) is 0.249. The Hall–Kier alpha value is -2.18. The molecule has 134 valence electrons. The number of hydrogen-bond donors (Lipinski definition) is 0. The number of esters is 1. The van der Waals surface area contributed by atoms with Crippen molar-refractivity contribution in [3.63, 3.8) is 0 Å². The lowest BCUT2D eigenvalue weighted by Gasteiger charge is -2.19. The van der Waals surface area contributed by atoms with E-state index in [0.29, 0.717) is 18.1 Å². The molecule has 0 spiro atoms. The summed E-state index contributed by atoms with van der Waals surface area (Å²) in [5, 5.41) is 4.66. The highest BCUT2D eigenvalue weighted by Crippen LogP contribution is 2.42. The number of carbonyl (C=O) groups is 1. The van der Waals surface area contributed by atoms with Gasteiger partial charge in [0.1, 0.15) is 0 Å². The number of fused-ring (bicyclic) bond motifs is 1. The fourth-order valence-corrected chi connectivity index (χ4v) is 4.52. The highest BCUT2D eigenvalue weighted by atomic mass is 32.2. The van der Waals surface area contributed by atoms with Gasteiger partial charge in [0, 0.05) is 26.7 Å². The number of allylic oxidation sites excluding steroid dienone is 3. The third kappa shape index (κ3) is 3.15. The van der Waals surface area contributed by atoms with E-state index in [1.807, 2.05) is 41.3 Å².